The van der Waals surface area contributed by atoms with E-state index in [1.165, 1.54) is 11.8 Å². The smallest absolute Gasteiger partial charge is 0.209 e. The highest BCUT2D eigenvalue weighted by atomic mass is 32.2. The first kappa shape index (κ1) is 17.6. The van der Waals surface area contributed by atoms with Crippen molar-refractivity contribution in [2.24, 2.45) is 0 Å². The van der Waals surface area contributed by atoms with Crippen LogP contribution < -0.4 is 0 Å². The molecule has 6 nitrogen and oxygen atoms in total. The molecule has 3 rings (SSSR count). The number of hydrogen-bond donors (Lipinski definition) is 0. The summed E-state index contributed by atoms with van der Waals surface area (Å²) in [6.45, 7) is 4.62. The predicted octanol–water partition coefficient (Wildman–Crippen LogP) is 3.13. The zero-order chi connectivity index (χ0) is 17.9. The molecule has 1 aromatic heterocycles. The lowest BCUT2D eigenvalue weighted by atomic mass is 10.2. The molecule has 0 radical (unpaired) electrons. The lowest BCUT2D eigenvalue weighted by Gasteiger charge is -2.07. The van der Waals surface area contributed by atoms with Crippen LogP contribution in [-0.2, 0) is 22.1 Å². The minimum absolute atomic E-state index is 0.295. The van der Waals surface area contributed by atoms with E-state index in [1.54, 1.807) is 41.1 Å². The molecule has 0 aliphatic carbocycles. The molecule has 0 saturated carbocycles. The van der Waals surface area contributed by atoms with Crippen LogP contribution in [0.3, 0.4) is 0 Å². The summed E-state index contributed by atoms with van der Waals surface area (Å²) in [5.74, 6) is 0.672. The van der Waals surface area contributed by atoms with Crippen LogP contribution in [0, 0.1) is 6.92 Å². The van der Waals surface area contributed by atoms with E-state index in [4.69, 9.17) is 0 Å². The van der Waals surface area contributed by atoms with Gasteiger partial charge in [0, 0.05) is 12.3 Å². The molecule has 0 amide bonds. The van der Waals surface area contributed by atoms with E-state index in [2.05, 4.69) is 15.5 Å². The van der Waals surface area contributed by atoms with Crippen molar-refractivity contribution in [2.75, 3.05) is 0 Å². The van der Waals surface area contributed by atoms with Gasteiger partial charge in [0.2, 0.25) is 15.0 Å². The van der Waals surface area contributed by atoms with E-state index in [0.29, 0.717) is 22.1 Å². The molecule has 0 bridgehead atoms. The number of thioether (sulfide) groups is 1. The summed E-state index contributed by atoms with van der Waals surface area (Å²) >= 11 is 1.52. The fourth-order valence-electron chi connectivity index (χ4n) is 2.26. The third-order valence-electron chi connectivity index (χ3n) is 3.73. The Balaban J connectivity index is 1.74. The Morgan fingerprint density at radius 3 is 2.20 bits per heavy atom. The fraction of sp³-hybridized carbons (Fsp3) is 0.235. The minimum atomic E-state index is -3.48. The van der Waals surface area contributed by atoms with Crippen LogP contribution in [-0.4, -0.2) is 28.6 Å². The zero-order valence-corrected chi connectivity index (χ0v) is 15.6. The van der Waals surface area contributed by atoms with Gasteiger partial charge in [-0.2, -0.15) is 0 Å². The maximum atomic E-state index is 12.6. The number of aromatic nitrogens is 4. The van der Waals surface area contributed by atoms with Gasteiger partial charge in [0.25, 0.3) is 0 Å². The highest BCUT2D eigenvalue weighted by Gasteiger charge is 2.17. The van der Waals surface area contributed by atoms with Gasteiger partial charge in [0.15, 0.2) is 0 Å². The molecule has 0 atom stereocenters. The zero-order valence-electron chi connectivity index (χ0n) is 14.0. The Labute approximate surface area is 151 Å². The summed E-state index contributed by atoms with van der Waals surface area (Å²) in [5.41, 5.74) is 2.04. The van der Waals surface area contributed by atoms with Crippen molar-refractivity contribution >= 4 is 21.6 Å². The van der Waals surface area contributed by atoms with E-state index in [-0.39, 0.29) is 0 Å². The van der Waals surface area contributed by atoms with Gasteiger partial charge < -0.3 is 0 Å². The van der Waals surface area contributed by atoms with Gasteiger partial charge in [-0.05, 0) is 54.1 Å². The first-order chi connectivity index (χ1) is 12.0. The highest BCUT2D eigenvalue weighted by molar-refractivity contribution is 7.98. The average molecular weight is 374 g/mol. The van der Waals surface area contributed by atoms with Gasteiger partial charge in [0.1, 0.15) is 0 Å². The summed E-state index contributed by atoms with van der Waals surface area (Å²) < 4.78 is 27.0. The summed E-state index contributed by atoms with van der Waals surface area (Å²) in [7, 11) is -3.48. The Hall–Kier alpha value is -2.19. The molecule has 0 aliphatic heterocycles. The van der Waals surface area contributed by atoms with E-state index < -0.39 is 9.84 Å². The van der Waals surface area contributed by atoms with Crippen molar-refractivity contribution in [1.29, 1.82) is 0 Å². The monoisotopic (exact) mass is 374 g/mol. The molecule has 0 N–H and O–H groups in total. The number of tetrazole rings is 1. The summed E-state index contributed by atoms with van der Waals surface area (Å²) in [4.78, 5) is 0.603. The lowest BCUT2D eigenvalue weighted by molar-refractivity contribution is 0.581. The van der Waals surface area contributed by atoms with Gasteiger partial charge in [-0.15, -0.1) is 5.10 Å². The summed E-state index contributed by atoms with van der Waals surface area (Å²) in [6, 6.07) is 13.8. The third kappa shape index (κ3) is 3.91. The van der Waals surface area contributed by atoms with Gasteiger partial charge in [-0.1, -0.05) is 41.6 Å². The second-order valence-corrected chi connectivity index (χ2v) is 8.42. The lowest BCUT2D eigenvalue weighted by Crippen LogP contribution is -2.02. The topological polar surface area (TPSA) is 77.7 Å². The minimum Gasteiger partial charge on any atom is -0.221 e. The second kappa shape index (κ2) is 7.37. The Morgan fingerprint density at radius 2 is 1.60 bits per heavy atom. The maximum absolute atomic E-state index is 12.6. The van der Waals surface area contributed by atoms with Crippen LogP contribution in [0.1, 0.15) is 18.1 Å². The van der Waals surface area contributed by atoms with Crippen molar-refractivity contribution in [3.8, 4) is 0 Å². The average Bonchev–Trinajstić information content (AvgIpc) is 3.08. The highest BCUT2D eigenvalue weighted by Crippen LogP contribution is 2.24. The van der Waals surface area contributed by atoms with Crippen LogP contribution >= 0.6 is 11.8 Å². The molecule has 2 aromatic carbocycles. The van der Waals surface area contributed by atoms with E-state index in [1.807, 2.05) is 26.0 Å². The van der Waals surface area contributed by atoms with Gasteiger partial charge in [-0.3, -0.25) is 0 Å². The Kier molecular flexibility index (Phi) is 5.19. The molecule has 0 saturated heterocycles. The number of rotatable bonds is 6. The SMILES string of the molecule is CCn1nnnc1SCc1ccc(S(=O)(=O)c2ccc(C)cc2)cc1. The predicted molar refractivity (Wildman–Crippen MR) is 96.1 cm³/mol. The fourth-order valence-corrected chi connectivity index (χ4v) is 4.42. The van der Waals surface area contributed by atoms with Gasteiger partial charge >= 0.3 is 0 Å². The molecular formula is C17H18N4O2S2. The molecule has 0 unspecified atom stereocenters. The Morgan fingerprint density at radius 1 is 1.00 bits per heavy atom. The molecular weight excluding hydrogens is 356 g/mol. The molecule has 0 spiro atoms. The van der Waals surface area contributed by atoms with E-state index in [9.17, 15) is 8.42 Å². The van der Waals surface area contributed by atoms with Crippen LogP contribution in [0.25, 0.3) is 0 Å². The molecule has 3 aromatic rings. The second-order valence-electron chi connectivity index (χ2n) is 5.53. The number of nitrogens with zero attached hydrogens (tertiary/aromatic N) is 4. The molecule has 8 heteroatoms. The molecule has 25 heavy (non-hydrogen) atoms. The first-order valence-electron chi connectivity index (χ1n) is 7.80. The molecule has 1 heterocycles. The quantitative estimate of drug-likeness (QED) is 0.617. The Bertz CT molecular complexity index is 949. The standard InChI is InChI=1S/C17H18N4O2S2/c1-3-21-17(18-19-20-21)24-12-14-6-10-16(11-7-14)25(22,23)15-8-4-13(2)5-9-15/h4-11H,3,12H2,1-2H3. The maximum Gasteiger partial charge on any atom is 0.209 e. The largest absolute Gasteiger partial charge is 0.221 e. The van der Waals surface area contributed by atoms with Crippen molar-refractivity contribution in [1.82, 2.24) is 20.2 Å². The molecule has 0 fully saturated rings. The molecule has 0 aliphatic rings. The van der Waals surface area contributed by atoms with Crippen molar-refractivity contribution < 1.29 is 8.42 Å². The van der Waals surface area contributed by atoms with Crippen molar-refractivity contribution in [3.63, 3.8) is 0 Å². The summed E-state index contributed by atoms with van der Waals surface area (Å²) in [6.07, 6.45) is 0. The first-order valence-corrected chi connectivity index (χ1v) is 10.3. The summed E-state index contributed by atoms with van der Waals surface area (Å²) in [5, 5.41) is 12.3. The van der Waals surface area contributed by atoms with E-state index in [0.717, 1.165) is 16.3 Å². The van der Waals surface area contributed by atoms with Crippen LogP contribution in [0.2, 0.25) is 0 Å². The number of hydrogen-bond acceptors (Lipinski definition) is 6. The van der Waals surface area contributed by atoms with Crippen molar-refractivity contribution in [3.05, 3.63) is 59.7 Å². The third-order valence-corrected chi connectivity index (χ3v) is 6.55. The number of sulfone groups is 1. The number of aryl methyl sites for hydroxylation is 2. The molecule has 130 valence electrons. The van der Waals surface area contributed by atoms with Crippen LogP contribution in [0.4, 0.5) is 0 Å². The normalized spacial score (nSPS) is 11.6. The van der Waals surface area contributed by atoms with E-state index >= 15 is 0 Å². The van der Waals surface area contributed by atoms with Crippen molar-refractivity contribution in [2.45, 2.75) is 41.1 Å². The van der Waals surface area contributed by atoms with Gasteiger partial charge in [0.05, 0.1) is 9.79 Å². The van der Waals surface area contributed by atoms with Gasteiger partial charge in [-0.25, -0.2) is 13.1 Å². The number of benzene rings is 2. The van der Waals surface area contributed by atoms with Crippen LogP contribution in [0.5, 0.6) is 0 Å². The van der Waals surface area contributed by atoms with Crippen LogP contribution in [0.15, 0.2) is 63.5 Å².